The van der Waals surface area contributed by atoms with Crippen molar-refractivity contribution >= 4 is 0 Å². The third-order valence-corrected chi connectivity index (χ3v) is 1.31. The molecule has 0 fully saturated rings. The molecule has 0 saturated heterocycles. The van der Waals surface area contributed by atoms with E-state index in [1.807, 2.05) is 0 Å². The summed E-state index contributed by atoms with van der Waals surface area (Å²) in [4.78, 5) is 0. The van der Waals surface area contributed by atoms with Crippen LogP contribution >= 0.6 is 0 Å². The molecule has 0 bridgehead atoms. The maximum absolute atomic E-state index is 11.5. The monoisotopic (exact) mass is 133 g/mol. The molecule has 0 radical (unpaired) electrons. The quantitative estimate of drug-likeness (QED) is 0.602. The summed E-state index contributed by atoms with van der Waals surface area (Å²) in [5.74, 6) is 0. The Morgan fingerprint density at radius 3 is 2.67 bits per heavy atom. The van der Waals surface area contributed by atoms with E-state index in [1.54, 1.807) is 0 Å². The predicted octanol–water partition coefficient (Wildman–Crippen LogP) is 1.73. The predicted molar refractivity (Wildman–Crippen MR) is 38.3 cm³/mol. The zero-order valence-corrected chi connectivity index (χ0v) is 6.28. The molecule has 2 heteroatoms. The van der Waals surface area contributed by atoms with Crippen LogP contribution in [0.4, 0.5) is 4.39 Å². The van der Waals surface area contributed by atoms with Gasteiger partial charge in [-0.15, -0.1) is 0 Å². The van der Waals surface area contributed by atoms with E-state index >= 15 is 0 Å². The van der Waals surface area contributed by atoms with Crippen molar-refractivity contribution < 1.29 is 4.39 Å². The molecule has 9 heavy (non-hydrogen) atoms. The smallest absolute Gasteiger partial charge is 0.102 e. The second-order valence-corrected chi connectivity index (χ2v) is 2.33. The minimum Gasteiger partial charge on any atom is -0.312 e. The summed E-state index contributed by atoms with van der Waals surface area (Å²) in [6.07, 6.45) is 2.31. The number of nitrogens with one attached hydrogen (secondary N) is 1. The molecule has 0 aromatic rings. The summed E-state index contributed by atoms with van der Waals surface area (Å²) >= 11 is 0. The topological polar surface area (TPSA) is 12.0 Å². The molecule has 0 aliphatic carbocycles. The Hall–Kier alpha value is -0.110. The molecule has 0 heterocycles. The normalized spacial score (nSPS) is 13.7. The van der Waals surface area contributed by atoms with E-state index in [0.717, 1.165) is 6.42 Å². The lowest BCUT2D eigenvalue weighted by Gasteiger charge is -2.09. The van der Waals surface area contributed by atoms with Crippen LogP contribution < -0.4 is 5.32 Å². The minimum atomic E-state index is -0.256. The van der Waals surface area contributed by atoms with Gasteiger partial charge in [-0.25, -0.2) is 4.39 Å². The van der Waals surface area contributed by atoms with Crippen LogP contribution in [-0.2, 0) is 0 Å². The zero-order valence-electron chi connectivity index (χ0n) is 6.28. The van der Waals surface area contributed by atoms with Gasteiger partial charge in [-0.1, -0.05) is 13.3 Å². The SMILES string of the molecule is CCCC(C)NCCF. The fourth-order valence-corrected chi connectivity index (χ4v) is 0.836. The molecule has 1 N–H and O–H groups in total. The Bertz CT molecular complexity index is 56.9. The maximum atomic E-state index is 11.5. The lowest BCUT2D eigenvalue weighted by molar-refractivity contribution is 0.428. The third kappa shape index (κ3) is 5.77. The van der Waals surface area contributed by atoms with Crippen molar-refractivity contribution in [2.75, 3.05) is 13.2 Å². The zero-order chi connectivity index (χ0) is 7.11. The Morgan fingerprint density at radius 2 is 2.22 bits per heavy atom. The van der Waals surface area contributed by atoms with Crippen molar-refractivity contribution in [3.63, 3.8) is 0 Å². The second kappa shape index (κ2) is 6.02. The van der Waals surface area contributed by atoms with Crippen molar-refractivity contribution in [1.82, 2.24) is 5.32 Å². The van der Waals surface area contributed by atoms with E-state index in [-0.39, 0.29) is 6.67 Å². The van der Waals surface area contributed by atoms with Gasteiger partial charge in [0.1, 0.15) is 6.67 Å². The third-order valence-electron chi connectivity index (χ3n) is 1.31. The Morgan fingerprint density at radius 1 is 1.56 bits per heavy atom. The molecule has 0 aromatic carbocycles. The summed E-state index contributed by atoms with van der Waals surface area (Å²) in [6, 6.07) is 0.478. The molecule has 0 saturated carbocycles. The van der Waals surface area contributed by atoms with Gasteiger partial charge < -0.3 is 5.32 Å². The van der Waals surface area contributed by atoms with Gasteiger partial charge in [0.15, 0.2) is 0 Å². The summed E-state index contributed by atoms with van der Waals surface area (Å²) in [7, 11) is 0. The first-order valence-corrected chi connectivity index (χ1v) is 3.60. The van der Waals surface area contributed by atoms with Crippen molar-refractivity contribution in [1.29, 1.82) is 0 Å². The van der Waals surface area contributed by atoms with E-state index in [2.05, 4.69) is 19.2 Å². The van der Waals surface area contributed by atoms with E-state index in [0.29, 0.717) is 12.6 Å². The first-order valence-electron chi connectivity index (χ1n) is 3.60. The van der Waals surface area contributed by atoms with Gasteiger partial charge in [-0.3, -0.25) is 0 Å². The molecule has 0 aromatic heterocycles. The van der Waals surface area contributed by atoms with E-state index in [1.165, 1.54) is 6.42 Å². The molecule has 0 amide bonds. The standard InChI is InChI=1S/C7H16FN/c1-3-4-7(2)9-6-5-8/h7,9H,3-6H2,1-2H3. The van der Waals surface area contributed by atoms with Gasteiger partial charge in [0.2, 0.25) is 0 Å². The number of alkyl halides is 1. The Labute approximate surface area is 56.6 Å². The average Bonchev–Trinajstić information content (AvgIpc) is 1.85. The van der Waals surface area contributed by atoms with Gasteiger partial charge >= 0.3 is 0 Å². The molecule has 0 spiro atoms. The molecule has 1 unspecified atom stereocenters. The fourth-order valence-electron chi connectivity index (χ4n) is 0.836. The van der Waals surface area contributed by atoms with Crippen LogP contribution in [0, 0.1) is 0 Å². The lowest BCUT2D eigenvalue weighted by Crippen LogP contribution is -2.27. The van der Waals surface area contributed by atoms with Gasteiger partial charge in [-0.2, -0.15) is 0 Å². The van der Waals surface area contributed by atoms with Crippen LogP contribution in [0.25, 0.3) is 0 Å². The molecule has 56 valence electrons. The average molecular weight is 133 g/mol. The van der Waals surface area contributed by atoms with Crippen LogP contribution in [0.1, 0.15) is 26.7 Å². The summed E-state index contributed by atoms with van der Waals surface area (Å²) in [5, 5.41) is 3.06. The highest BCUT2D eigenvalue weighted by molar-refractivity contribution is 4.57. The van der Waals surface area contributed by atoms with Crippen LogP contribution in [0.15, 0.2) is 0 Å². The maximum Gasteiger partial charge on any atom is 0.102 e. The molecule has 0 rings (SSSR count). The van der Waals surface area contributed by atoms with Crippen molar-refractivity contribution in [3.8, 4) is 0 Å². The highest BCUT2D eigenvalue weighted by Crippen LogP contribution is 1.93. The highest BCUT2D eigenvalue weighted by atomic mass is 19.1. The van der Waals surface area contributed by atoms with Gasteiger partial charge in [-0.05, 0) is 13.3 Å². The summed E-state index contributed by atoms with van der Waals surface area (Å²) in [5.41, 5.74) is 0. The minimum absolute atomic E-state index is 0.256. The summed E-state index contributed by atoms with van der Waals surface area (Å²) < 4.78 is 11.5. The van der Waals surface area contributed by atoms with Crippen molar-refractivity contribution in [2.45, 2.75) is 32.7 Å². The first-order chi connectivity index (χ1) is 4.31. The molecule has 0 aliphatic rings. The van der Waals surface area contributed by atoms with Crippen LogP contribution in [0.2, 0.25) is 0 Å². The van der Waals surface area contributed by atoms with E-state index < -0.39 is 0 Å². The van der Waals surface area contributed by atoms with Crippen molar-refractivity contribution in [3.05, 3.63) is 0 Å². The van der Waals surface area contributed by atoms with E-state index in [4.69, 9.17) is 0 Å². The van der Waals surface area contributed by atoms with Gasteiger partial charge in [0, 0.05) is 12.6 Å². The molecule has 1 nitrogen and oxygen atoms in total. The number of halogens is 1. The lowest BCUT2D eigenvalue weighted by atomic mass is 10.2. The van der Waals surface area contributed by atoms with E-state index in [9.17, 15) is 4.39 Å². The first kappa shape index (κ1) is 8.89. The van der Waals surface area contributed by atoms with Crippen LogP contribution in [-0.4, -0.2) is 19.3 Å². The Kier molecular flexibility index (Phi) is 5.94. The van der Waals surface area contributed by atoms with Crippen LogP contribution in [0.5, 0.6) is 0 Å². The van der Waals surface area contributed by atoms with Gasteiger partial charge in [0.05, 0.1) is 0 Å². The number of rotatable bonds is 5. The number of hydrogen-bond acceptors (Lipinski definition) is 1. The highest BCUT2D eigenvalue weighted by Gasteiger charge is 1.96. The van der Waals surface area contributed by atoms with Crippen molar-refractivity contribution in [2.24, 2.45) is 0 Å². The molecule has 1 atom stereocenters. The number of hydrogen-bond donors (Lipinski definition) is 1. The Balaban J connectivity index is 2.95. The van der Waals surface area contributed by atoms with Gasteiger partial charge in [0.25, 0.3) is 0 Å². The summed E-state index contributed by atoms with van der Waals surface area (Å²) in [6.45, 7) is 4.46. The fraction of sp³-hybridized carbons (Fsp3) is 1.00. The second-order valence-electron chi connectivity index (χ2n) is 2.33. The van der Waals surface area contributed by atoms with Crippen LogP contribution in [0.3, 0.4) is 0 Å². The molecular weight excluding hydrogens is 117 g/mol. The molecule has 0 aliphatic heterocycles. The largest absolute Gasteiger partial charge is 0.312 e. The molecular formula is C7H16FN.